The maximum absolute atomic E-state index is 11.1. The zero-order valence-electron chi connectivity index (χ0n) is 27.8. The van der Waals surface area contributed by atoms with Crippen LogP contribution in [0.15, 0.2) is 12.2 Å². The Hall–Kier alpha value is -1.89. The van der Waals surface area contributed by atoms with Crippen LogP contribution < -0.4 is 5.11 Å². The summed E-state index contributed by atoms with van der Waals surface area (Å²) in [6.45, 7) is 5.03. The van der Waals surface area contributed by atoms with Gasteiger partial charge in [-0.25, -0.2) is 0 Å². The second kappa shape index (κ2) is 30.1. The van der Waals surface area contributed by atoms with E-state index in [1.54, 1.807) is 0 Å². The fourth-order valence-electron chi connectivity index (χ4n) is 6.12. The van der Waals surface area contributed by atoms with Crippen LogP contribution in [0.2, 0.25) is 0 Å². The van der Waals surface area contributed by atoms with E-state index in [9.17, 15) is 19.5 Å². The van der Waals surface area contributed by atoms with Gasteiger partial charge in [-0.1, -0.05) is 109 Å². The molecule has 43 heavy (non-hydrogen) atoms. The molecule has 0 aliphatic carbocycles. The molecule has 0 aliphatic rings. The van der Waals surface area contributed by atoms with Gasteiger partial charge in [-0.2, -0.15) is 0 Å². The van der Waals surface area contributed by atoms with Gasteiger partial charge in [0, 0.05) is 25.2 Å². The van der Waals surface area contributed by atoms with Crippen LogP contribution in [0.3, 0.4) is 0 Å². The van der Waals surface area contributed by atoms with Crippen molar-refractivity contribution in [2.75, 3.05) is 26.2 Å². The first-order chi connectivity index (χ1) is 20.8. The third-order valence-corrected chi connectivity index (χ3v) is 8.70. The number of rotatable bonds is 34. The Morgan fingerprint density at radius 3 is 1.19 bits per heavy atom. The van der Waals surface area contributed by atoms with Gasteiger partial charge in [-0.3, -0.25) is 9.59 Å². The SMILES string of the molecule is CCCCCCCCCCCCC/C=C\CCCCCCCCC[N+](CCCC(=O)[O-])(CCCC(=O)O)CCCC(=O)O. The quantitative estimate of drug-likeness (QED) is 0.0430. The number of unbranched alkanes of at least 4 members (excludes halogenated alkanes) is 18. The van der Waals surface area contributed by atoms with E-state index in [1.807, 2.05) is 0 Å². The molecule has 0 heterocycles. The first-order valence-corrected chi connectivity index (χ1v) is 17.9. The zero-order chi connectivity index (χ0) is 31.9. The lowest BCUT2D eigenvalue weighted by Gasteiger charge is -2.39. The monoisotopic (exact) mass is 609 g/mol. The molecule has 252 valence electrons. The van der Waals surface area contributed by atoms with Crippen molar-refractivity contribution in [3.8, 4) is 0 Å². The number of hydrogen-bond acceptors (Lipinski definition) is 4. The molecule has 0 aromatic heterocycles. The number of quaternary nitrogens is 1. The van der Waals surface area contributed by atoms with Crippen molar-refractivity contribution in [1.82, 2.24) is 0 Å². The van der Waals surface area contributed by atoms with Gasteiger partial charge in [0.05, 0.1) is 39.0 Å². The van der Waals surface area contributed by atoms with E-state index < -0.39 is 17.9 Å². The molecule has 0 aliphatic heterocycles. The Morgan fingerprint density at radius 1 is 0.488 bits per heavy atom. The van der Waals surface area contributed by atoms with Gasteiger partial charge in [-0.15, -0.1) is 0 Å². The molecule has 0 atom stereocenters. The van der Waals surface area contributed by atoms with Crippen molar-refractivity contribution >= 4 is 17.9 Å². The molecule has 0 rings (SSSR count). The van der Waals surface area contributed by atoms with Gasteiger partial charge in [0.25, 0.3) is 0 Å². The summed E-state index contributed by atoms with van der Waals surface area (Å²) in [7, 11) is 0. The fraction of sp³-hybridized carbons (Fsp3) is 0.861. The minimum atomic E-state index is -1.07. The normalized spacial score (nSPS) is 11.8. The first-order valence-electron chi connectivity index (χ1n) is 17.9. The Balaban J connectivity index is 4.03. The average Bonchev–Trinajstić information content (AvgIpc) is 2.95. The molecular formula is C36H67NO6. The Morgan fingerprint density at radius 2 is 0.814 bits per heavy atom. The van der Waals surface area contributed by atoms with Crippen LogP contribution in [0.1, 0.15) is 174 Å². The molecule has 0 radical (unpaired) electrons. The first kappa shape index (κ1) is 41.1. The predicted octanol–water partition coefficient (Wildman–Crippen LogP) is 8.44. The number of nitrogens with zero attached hydrogens (tertiary/aromatic N) is 1. The molecule has 7 nitrogen and oxygen atoms in total. The van der Waals surface area contributed by atoms with Crippen LogP contribution in [0, 0.1) is 0 Å². The Bertz CT molecular complexity index is 658. The third kappa shape index (κ3) is 29.9. The summed E-state index contributed by atoms with van der Waals surface area (Å²) < 4.78 is 0.610. The minimum Gasteiger partial charge on any atom is -0.550 e. The van der Waals surface area contributed by atoms with Crippen molar-refractivity contribution in [3.63, 3.8) is 0 Å². The van der Waals surface area contributed by atoms with E-state index in [0.29, 0.717) is 43.4 Å². The van der Waals surface area contributed by atoms with E-state index in [2.05, 4.69) is 19.1 Å². The zero-order valence-corrected chi connectivity index (χ0v) is 27.8. The molecule has 0 aromatic rings. The Labute approximate surface area is 264 Å². The minimum absolute atomic E-state index is 0.0214. The highest BCUT2D eigenvalue weighted by Crippen LogP contribution is 2.19. The molecule has 0 saturated heterocycles. The maximum Gasteiger partial charge on any atom is 0.303 e. The fourth-order valence-corrected chi connectivity index (χ4v) is 6.12. The van der Waals surface area contributed by atoms with Crippen LogP contribution in [-0.4, -0.2) is 58.8 Å². The Kier molecular flexibility index (Phi) is 28.8. The molecule has 0 saturated carbocycles. The van der Waals surface area contributed by atoms with Gasteiger partial charge < -0.3 is 24.6 Å². The van der Waals surface area contributed by atoms with E-state index in [1.165, 1.54) is 109 Å². The van der Waals surface area contributed by atoms with E-state index in [0.717, 1.165) is 25.8 Å². The third-order valence-electron chi connectivity index (χ3n) is 8.70. The standard InChI is InChI=1S/C36H67NO6/c1-2-3-4-5-6-7-8-9-10-11-12-13-14-15-16-17-18-19-20-21-22-23-30-37(31-24-27-34(38)39,32-25-28-35(40)41)33-26-29-36(42)43/h14-15H,2-13,16-33H2,1H3,(H2-,38,39,40,41,42,43)/b15-14-. The highest BCUT2D eigenvalue weighted by Gasteiger charge is 2.26. The maximum atomic E-state index is 11.1. The van der Waals surface area contributed by atoms with Gasteiger partial charge in [0.1, 0.15) is 0 Å². The number of aliphatic carboxylic acids is 3. The highest BCUT2D eigenvalue weighted by atomic mass is 16.4. The topological polar surface area (TPSA) is 115 Å². The lowest BCUT2D eigenvalue weighted by Crippen LogP contribution is -2.51. The number of carbonyl (C=O) groups excluding carboxylic acids is 1. The smallest absolute Gasteiger partial charge is 0.303 e. The molecule has 0 bridgehead atoms. The number of carboxylic acids is 3. The second-order valence-electron chi connectivity index (χ2n) is 12.8. The van der Waals surface area contributed by atoms with E-state index >= 15 is 0 Å². The molecule has 7 heteroatoms. The summed E-state index contributed by atoms with van der Waals surface area (Å²) in [4.78, 5) is 33.1. The van der Waals surface area contributed by atoms with Gasteiger partial charge in [0.15, 0.2) is 0 Å². The molecule has 0 spiro atoms. The van der Waals surface area contributed by atoms with Gasteiger partial charge in [-0.05, 0) is 44.9 Å². The molecule has 2 N–H and O–H groups in total. The highest BCUT2D eigenvalue weighted by molar-refractivity contribution is 5.66. The molecule has 0 amide bonds. The summed E-state index contributed by atoms with van der Waals surface area (Å²) in [5, 5.41) is 29.2. The van der Waals surface area contributed by atoms with Crippen molar-refractivity contribution in [2.45, 2.75) is 174 Å². The summed E-state index contributed by atoms with van der Waals surface area (Å²) in [5.74, 6) is -2.74. The number of allylic oxidation sites excluding steroid dienone is 2. The largest absolute Gasteiger partial charge is 0.550 e. The molecule has 0 unspecified atom stereocenters. The predicted molar refractivity (Wildman–Crippen MR) is 175 cm³/mol. The van der Waals surface area contributed by atoms with Crippen molar-refractivity contribution < 1.29 is 34.2 Å². The molecule has 0 fully saturated rings. The van der Waals surface area contributed by atoms with Crippen LogP contribution in [0.4, 0.5) is 0 Å². The van der Waals surface area contributed by atoms with Gasteiger partial charge >= 0.3 is 11.9 Å². The van der Waals surface area contributed by atoms with Crippen LogP contribution >= 0.6 is 0 Å². The summed E-state index contributed by atoms with van der Waals surface area (Å²) in [5.41, 5.74) is 0. The van der Waals surface area contributed by atoms with Crippen LogP contribution in [-0.2, 0) is 14.4 Å². The second-order valence-corrected chi connectivity index (χ2v) is 12.8. The van der Waals surface area contributed by atoms with Crippen molar-refractivity contribution in [2.24, 2.45) is 0 Å². The summed E-state index contributed by atoms with van der Waals surface area (Å²) >= 11 is 0. The van der Waals surface area contributed by atoms with E-state index in [4.69, 9.17) is 10.2 Å². The average molecular weight is 610 g/mol. The molecular weight excluding hydrogens is 542 g/mol. The number of carbonyl (C=O) groups is 3. The van der Waals surface area contributed by atoms with Crippen LogP contribution in [0.25, 0.3) is 0 Å². The molecule has 0 aromatic carbocycles. The summed E-state index contributed by atoms with van der Waals surface area (Å²) in [6.07, 6.45) is 32.3. The number of carboxylic acid groups (broad SMARTS) is 3. The lowest BCUT2D eigenvalue weighted by atomic mass is 10.0. The van der Waals surface area contributed by atoms with Crippen LogP contribution in [0.5, 0.6) is 0 Å². The van der Waals surface area contributed by atoms with E-state index in [-0.39, 0.29) is 19.3 Å². The lowest BCUT2D eigenvalue weighted by molar-refractivity contribution is -0.929. The van der Waals surface area contributed by atoms with Gasteiger partial charge in [0.2, 0.25) is 0 Å². The number of hydrogen-bond donors (Lipinski definition) is 2. The summed E-state index contributed by atoms with van der Waals surface area (Å²) in [6, 6.07) is 0. The van der Waals surface area contributed by atoms with Crippen molar-refractivity contribution in [1.29, 1.82) is 0 Å². The van der Waals surface area contributed by atoms with Crippen molar-refractivity contribution in [3.05, 3.63) is 12.2 Å².